The molecule has 1 aromatic heterocycles. The van der Waals surface area contributed by atoms with Gasteiger partial charge < -0.3 is 9.64 Å². The van der Waals surface area contributed by atoms with Crippen LogP contribution in [0.3, 0.4) is 0 Å². The van der Waals surface area contributed by atoms with Crippen molar-refractivity contribution in [2.24, 2.45) is 0 Å². The summed E-state index contributed by atoms with van der Waals surface area (Å²) in [6.07, 6.45) is 2.39. The third-order valence-corrected chi connectivity index (χ3v) is 8.27. The van der Waals surface area contributed by atoms with Crippen LogP contribution in [0.4, 0.5) is 5.69 Å². The smallest absolute Gasteiger partial charge is 0.330 e. The number of hydrogen-bond acceptors (Lipinski definition) is 9. The predicted molar refractivity (Wildman–Crippen MR) is 99.3 cm³/mol. The Hall–Kier alpha value is -3.35. The second-order valence-electron chi connectivity index (χ2n) is 7.34. The van der Waals surface area contributed by atoms with Gasteiger partial charge in [-0.25, -0.2) is 18.2 Å². The number of fused-ring (bicyclic) bond motifs is 1. The standard InChI is InChI=1S/C17H17N5O7S/c1-17(8-20-10-18-9-19-20)15(21-13(23)6-14(21)30(17,27)28)16(24)29-7-11-2-4-12(5-3-11)22(25)26/h2-5,9-10,14-15H,6-8H2,1H3/t14-,15+,17+/m1/s1. The first-order chi connectivity index (χ1) is 14.1. The van der Waals surface area contributed by atoms with Gasteiger partial charge in [0.1, 0.15) is 29.4 Å². The fourth-order valence-corrected chi connectivity index (χ4v) is 6.21. The van der Waals surface area contributed by atoms with Gasteiger partial charge in [-0.2, -0.15) is 5.10 Å². The molecule has 13 heteroatoms. The van der Waals surface area contributed by atoms with Crippen LogP contribution in [-0.4, -0.2) is 61.0 Å². The maximum atomic E-state index is 13.1. The Kier molecular flexibility index (Phi) is 4.56. The average Bonchev–Trinajstić information content (AvgIpc) is 3.24. The number of amides is 1. The number of ether oxygens (including phenoxy) is 1. The van der Waals surface area contributed by atoms with Crippen molar-refractivity contribution in [2.45, 2.75) is 42.7 Å². The number of aromatic nitrogens is 3. The van der Waals surface area contributed by atoms with E-state index in [9.17, 15) is 28.1 Å². The zero-order valence-electron chi connectivity index (χ0n) is 15.7. The van der Waals surface area contributed by atoms with Crippen molar-refractivity contribution in [2.75, 3.05) is 0 Å². The molecule has 0 aliphatic carbocycles. The van der Waals surface area contributed by atoms with Gasteiger partial charge in [-0.1, -0.05) is 0 Å². The van der Waals surface area contributed by atoms with E-state index in [0.29, 0.717) is 5.56 Å². The summed E-state index contributed by atoms with van der Waals surface area (Å²) in [4.78, 5) is 40.1. The van der Waals surface area contributed by atoms with Crippen molar-refractivity contribution >= 4 is 27.4 Å². The first-order valence-corrected chi connectivity index (χ1v) is 10.5. The first kappa shape index (κ1) is 19.9. The molecule has 0 unspecified atom stereocenters. The minimum atomic E-state index is -3.89. The molecule has 1 aromatic carbocycles. The van der Waals surface area contributed by atoms with Crippen LogP contribution in [0, 0.1) is 10.1 Å². The lowest BCUT2D eigenvalue weighted by molar-refractivity contribution is -0.384. The number of nitro groups is 1. The Bertz CT molecular complexity index is 1120. The van der Waals surface area contributed by atoms with Crippen LogP contribution in [0.1, 0.15) is 18.9 Å². The Morgan fingerprint density at radius 2 is 2.07 bits per heavy atom. The number of sulfone groups is 1. The normalized spacial score (nSPS) is 26.7. The Morgan fingerprint density at radius 1 is 1.37 bits per heavy atom. The molecule has 0 N–H and O–H groups in total. The van der Waals surface area contributed by atoms with E-state index in [4.69, 9.17) is 4.74 Å². The molecule has 2 aromatic rings. The van der Waals surface area contributed by atoms with Gasteiger partial charge in [-0.15, -0.1) is 0 Å². The number of nitrogens with zero attached hydrogens (tertiary/aromatic N) is 5. The molecule has 2 aliphatic rings. The molecule has 4 rings (SSSR count). The molecule has 0 saturated carbocycles. The fraction of sp³-hybridized carbons (Fsp3) is 0.412. The van der Waals surface area contributed by atoms with Crippen LogP contribution >= 0.6 is 0 Å². The molecule has 1 amide bonds. The number of β-lactam (4-membered cyclic amide) rings is 1. The molecule has 2 saturated heterocycles. The highest BCUT2D eigenvalue weighted by atomic mass is 32.2. The number of rotatable bonds is 6. The molecule has 3 atom stereocenters. The van der Waals surface area contributed by atoms with Gasteiger partial charge in [-0.3, -0.25) is 19.6 Å². The van der Waals surface area contributed by atoms with Crippen LogP contribution < -0.4 is 0 Å². The number of nitro benzene ring substituents is 1. The molecule has 12 nitrogen and oxygen atoms in total. The van der Waals surface area contributed by atoms with E-state index in [1.165, 1.54) is 48.5 Å². The Morgan fingerprint density at radius 3 is 2.63 bits per heavy atom. The third-order valence-electron chi connectivity index (χ3n) is 5.51. The van der Waals surface area contributed by atoms with Gasteiger partial charge in [0.15, 0.2) is 15.9 Å². The van der Waals surface area contributed by atoms with E-state index in [0.717, 1.165) is 4.90 Å². The molecule has 0 radical (unpaired) electrons. The molecular weight excluding hydrogens is 418 g/mol. The molecule has 2 fully saturated rings. The van der Waals surface area contributed by atoms with E-state index < -0.39 is 42.8 Å². The second kappa shape index (κ2) is 6.86. The highest BCUT2D eigenvalue weighted by Gasteiger charge is 2.70. The topological polar surface area (TPSA) is 155 Å². The van der Waals surface area contributed by atoms with Crippen molar-refractivity contribution in [1.82, 2.24) is 19.7 Å². The molecule has 2 aliphatic heterocycles. The van der Waals surface area contributed by atoms with E-state index in [2.05, 4.69) is 10.1 Å². The van der Waals surface area contributed by atoms with Crippen molar-refractivity contribution in [3.05, 3.63) is 52.6 Å². The van der Waals surface area contributed by atoms with E-state index in [1.807, 2.05) is 0 Å². The average molecular weight is 435 g/mol. The summed E-state index contributed by atoms with van der Waals surface area (Å²) in [6, 6.07) is 4.07. The molecule has 30 heavy (non-hydrogen) atoms. The van der Waals surface area contributed by atoms with Crippen molar-refractivity contribution in [1.29, 1.82) is 0 Å². The number of carbonyl (C=O) groups excluding carboxylic acids is 2. The van der Waals surface area contributed by atoms with Crippen LogP contribution in [0.15, 0.2) is 36.9 Å². The maximum Gasteiger partial charge on any atom is 0.330 e. The third kappa shape index (κ3) is 2.93. The zero-order chi connectivity index (χ0) is 21.7. The highest BCUT2D eigenvalue weighted by molar-refractivity contribution is 7.93. The monoisotopic (exact) mass is 435 g/mol. The van der Waals surface area contributed by atoms with E-state index >= 15 is 0 Å². The molecular formula is C17H17N5O7S. The largest absolute Gasteiger partial charge is 0.459 e. The summed E-state index contributed by atoms with van der Waals surface area (Å²) >= 11 is 0. The van der Waals surface area contributed by atoms with Crippen LogP contribution in [0.2, 0.25) is 0 Å². The molecule has 0 spiro atoms. The van der Waals surface area contributed by atoms with Crippen molar-refractivity contribution < 1.29 is 27.7 Å². The summed E-state index contributed by atoms with van der Waals surface area (Å²) < 4.78 is 31.2. The van der Waals surface area contributed by atoms with Crippen LogP contribution in [0.5, 0.6) is 0 Å². The number of non-ortho nitro benzene ring substituents is 1. The lowest BCUT2D eigenvalue weighted by atomic mass is 9.96. The van der Waals surface area contributed by atoms with Crippen LogP contribution in [-0.2, 0) is 37.3 Å². The van der Waals surface area contributed by atoms with Gasteiger partial charge in [0.05, 0.1) is 17.9 Å². The summed E-state index contributed by atoms with van der Waals surface area (Å²) in [5.74, 6) is -1.31. The summed E-state index contributed by atoms with van der Waals surface area (Å²) in [5.41, 5.74) is 0.376. The number of benzene rings is 1. The lowest BCUT2D eigenvalue weighted by Crippen LogP contribution is -2.58. The first-order valence-electron chi connectivity index (χ1n) is 8.92. The fourth-order valence-electron chi connectivity index (χ4n) is 3.85. The minimum absolute atomic E-state index is 0.110. The van der Waals surface area contributed by atoms with Crippen molar-refractivity contribution in [3.63, 3.8) is 0 Å². The molecule has 3 heterocycles. The number of esters is 1. The SMILES string of the molecule is C[C@]1(Cn2cncn2)[C@H](C(=O)OCc2ccc([N+](=O)[O-])cc2)N2C(=O)C[C@H]2S1(=O)=O. The van der Waals surface area contributed by atoms with Crippen molar-refractivity contribution in [3.8, 4) is 0 Å². The number of hydrogen-bond donors (Lipinski definition) is 0. The molecule has 158 valence electrons. The second-order valence-corrected chi connectivity index (χ2v) is 9.91. The predicted octanol–water partition coefficient (Wildman–Crippen LogP) is 0.0438. The van der Waals surface area contributed by atoms with E-state index in [1.54, 1.807) is 0 Å². The Balaban J connectivity index is 1.58. The van der Waals surface area contributed by atoms with Gasteiger partial charge >= 0.3 is 5.97 Å². The minimum Gasteiger partial charge on any atom is -0.459 e. The number of carbonyl (C=O) groups is 2. The van der Waals surface area contributed by atoms with Crippen LogP contribution in [0.25, 0.3) is 0 Å². The highest BCUT2D eigenvalue weighted by Crippen LogP contribution is 2.47. The van der Waals surface area contributed by atoms with E-state index in [-0.39, 0.29) is 25.3 Å². The summed E-state index contributed by atoms with van der Waals surface area (Å²) in [6.45, 7) is 1.000. The van der Waals surface area contributed by atoms with Gasteiger partial charge in [-0.05, 0) is 24.6 Å². The van der Waals surface area contributed by atoms with Gasteiger partial charge in [0, 0.05) is 12.1 Å². The lowest BCUT2D eigenvalue weighted by Gasteiger charge is -2.36. The van der Waals surface area contributed by atoms with Gasteiger partial charge in [0.25, 0.3) is 5.69 Å². The molecule has 0 bridgehead atoms. The van der Waals surface area contributed by atoms with Gasteiger partial charge in [0.2, 0.25) is 5.91 Å². The quantitative estimate of drug-likeness (QED) is 0.265. The Labute approximate surface area is 170 Å². The summed E-state index contributed by atoms with van der Waals surface area (Å²) in [5, 5.41) is 13.6. The summed E-state index contributed by atoms with van der Waals surface area (Å²) in [7, 11) is -3.89. The maximum absolute atomic E-state index is 13.1. The zero-order valence-corrected chi connectivity index (χ0v) is 16.6.